The second-order valence-corrected chi connectivity index (χ2v) is 5.68. The zero-order valence-electron chi connectivity index (χ0n) is 12.6. The number of nitro groups is 1. The molecule has 0 radical (unpaired) electrons. The lowest BCUT2D eigenvalue weighted by atomic mass is 9.88. The molecule has 1 amide bonds. The molecule has 2 saturated heterocycles. The third kappa shape index (κ3) is 2.45. The number of hydrogen-bond acceptors (Lipinski definition) is 6. The number of β-lactam (4-membered cyclic amide) rings is 1. The van der Waals surface area contributed by atoms with Gasteiger partial charge in [0.15, 0.2) is 11.8 Å². The van der Waals surface area contributed by atoms with Crippen LogP contribution in [0.1, 0.15) is 12.0 Å². The standard InChI is InChI=1S/C16H14N2O6/c1-2-11-12-7-13(19)14(17(12)15(11)20)16(21)24-8-9-3-5-10(6-4-9)18(22)23/h2-6,11-12,14H,1,7-8H2/t11-,12-,14?/m1/s1. The summed E-state index contributed by atoms with van der Waals surface area (Å²) < 4.78 is 5.10. The minimum atomic E-state index is -1.20. The van der Waals surface area contributed by atoms with Gasteiger partial charge >= 0.3 is 5.97 Å². The van der Waals surface area contributed by atoms with Crippen LogP contribution < -0.4 is 0 Å². The molecule has 2 heterocycles. The fourth-order valence-corrected chi connectivity index (χ4v) is 3.06. The number of rotatable bonds is 5. The number of esters is 1. The van der Waals surface area contributed by atoms with E-state index in [-0.39, 0.29) is 36.4 Å². The van der Waals surface area contributed by atoms with Gasteiger partial charge in [0.05, 0.1) is 16.9 Å². The molecule has 1 aromatic rings. The number of fused-ring (bicyclic) bond motifs is 1. The monoisotopic (exact) mass is 330 g/mol. The lowest BCUT2D eigenvalue weighted by molar-refractivity contribution is -0.384. The molecular weight excluding hydrogens is 316 g/mol. The third-order valence-electron chi connectivity index (χ3n) is 4.31. The van der Waals surface area contributed by atoms with Crippen molar-refractivity contribution in [2.45, 2.75) is 25.1 Å². The zero-order chi connectivity index (χ0) is 17.4. The average Bonchev–Trinajstić information content (AvgIpc) is 2.86. The summed E-state index contributed by atoms with van der Waals surface area (Å²) in [5.74, 6) is -1.83. The molecule has 2 aliphatic rings. The van der Waals surface area contributed by atoms with E-state index < -0.39 is 22.9 Å². The van der Waals surface area contributed by atoms with Crippen LogP contribution in [0.5, 0.6) is 0 Å². The molecule has 1 unspecified atom stereocenters. The first-order valence-corrected chi connectivity index (χ1v) is 7.31. The molecule has 0 aromatic heterocycles. The van der Waals surface area contributed by atoms with Gasteiger partial charge in [-0.25, -0.2) is 4.79 Å². The Morgan fingerprint density at radius 1 is 1.38 bits per heavy atom. The van der Waals surface area contributed by atoms with E-state index >= 15 is 0 Å². The van der Waals surface area contributed by atoms with Crippen LogP contribution in [0.15, 0.2) is 36.9 Å². The predicted octanol–water partition coefficient (Wildman–Crippen LogP) is 0.992. The molecule has 3 rings (SSSR count). The predicted molar refractivity (Wildman–Crippen MR) is 80.6 cm³/mol. The van der Waals surface area contributed by atoms with Crippen LogP contribution in [-0.2, 0) is 25.7 Å². The van der Waals surface area contributed by atoms with Gasteiger partial charge in [0.2, 0.25) is 5.91 Å². The molecular formula is C16H14N2O6. The number of carbonyl (C=O) groups is 3. The Hall–Kier alpha value is -3.03. The normalized spacial score (nSPS) is 25.0. The number of hydrogen-bond donors (Lipinski definition) is 0. The van der Waals surface area contributed by atoms with E-state index in [0.29, 0.717) is 5.56 Å². The van der Waals surface area contributed by atoms with Crippen molar-refractivity contribution in [3.8, 4) is 0 Å². The number of ether oxygens (including phenoxy) is 1. The van der Waals surface area contributed by atoms with Crippen LogP contribution in [0.4, 0.5) is 5.69 Å². The molecule has 8 nitrogen and oxygen atoms in total. The summed E-state index contributed by atoms with van der Waals surface area (Å²) in [7, 11) is 0. The Morgan fingerprint density at radius 2 is 2.04 bits per heavy atom. The second-order valence-electron chi connectivity index (χ2n) is 5.68. The lowest BCUT2D eigenvalue weighted by Crippen LogP contribution is -2.61. The molecule has 0 spiro atoms. The molecule has 0 aliphatic carbocycles. The minimum absolute atomic E-state index is 0.0690. The fourth-order valence-electron chi connectivity index (χ4n) is 3.06. The van der Waals surface area contributed by atoms with Gasteiger partial charge in [0, 0.05) is 18.6 Å². The molecule has 8 heteroatoms. The van der Waals surface area contributed by atoms with Crippen molar-refractivity contribution >= 4 is 23.3 Å². The van der Waals surface area contributed by atoms with Gasteiger partial charge in [-0.1, -0.05) is 6.08 Å². The maximum atomic E-state index is 12.2. The number of amides is 1. The van der Waals surface area contributed by atoms with Crippen LogP contribution in [0.25, 0.3) is 0 Å². The summed E-state index contributed by atoms with van der Waals surface area (Å²) in [6, 6.07) is 4.03. The van der Waals surface area contributed by atoms with Crippen molar-refractivity contribution in [2.24, 2.45) is 5.92 Å². The van der Waals surface area contributed by atoms with Gasteiger partial charge in [0.25, 0.3) is 5.69 Å². The summed E-state index contributed by atoms with van der Waals surface area (Å²) >= 11 is 0. The zero-order valence-corrected chi connectivity index (χ0v) is 12.6. The number of ketones is 1. The molecule has 24 heavy (non-hydrogen) atoms. The van der Waals surface area contributed by atoms with Crippen molar-refractivity contribution in [1.82, 2.24) is 4.90 Å². The summed E-state index contributed by atoms with van der Waals surface area (Å²) in [6.07, 6.45) is 1.61. The Bertz CT molecular complexity index is 741. The van der Waals surface area contributed by atoms with Crippen LogP contribution in [-0.4, -0.2) is 39.6 Å². The average molecular weight is 330 g/mol. The number of Topliss-reactive ketones (excluding diaryl/α,β-unsaturated/α-hetero) is 1. The largest absolute Gasteiger partial charge is 0.459 e. The minimum Gasteiger partial charge on any atom is -0.459 e. The van der Waals surface area contributed by atoms with E-state index in [1.54, 1.807) is 0 Å². The summed E-state index contributed by atoms with van der Waals surface area (Å²) in [4.78, 5) is 47.4. The van der Waals surface area contributed by atoms with Crippen molar-refractivity contribution < 1.29 is 24.0 Å². The van der Waals surface area contributed by atoms with Gasteiger partial charge in [-0.3, -0.25) is 19.7 Å². The van der Waals surface area contributed by atoms with E-state index in [4.69, 9.17) is 4.74 Å². The highest BCUT2D eigenvalue weighted by atomic mass is 16.6. The SMILES string of the molecule is C=C[C@H]1C(=O)N2C(C(=O)OCc3ccc([N+](=O)[O-])cc3)C(=O)C[C@H]12. The second kappa shape index (κ2) is 5.88. The van der Waals surface area contributed by atoms with Crippen molar-refractivity contribution in [2.75, 3.05) is 0 Å². The van der Waals surface area contributed by atoms with Gasteiger partial charge in [-0.15, -0.1) is 6.58 Å². The Labute approximate surface area is 136 Å². The summed E-state index contributed by atoms with van der Waals surface area (Å²) in [6.45, 7) is 3.43. The first kappa shape index (κ1) is 15.9. The smallest absolute Gasteiger partial charge is 0.337 e. The van der Waals surface area contributed by atoms with Gasteiger partial charge in [0.1, 0.15) is 6.61 Å². The quantitative estimate of drug-likeness (QED) is 0.199. The van der Waals surface area contributed by atoms with E-state index in [9.17, 15) is 24.5 Å². The Kier molecular flexibility index (Phi) is 3.88. The first-order chi connectivity index (χ1) is 11.4. The molecule has 3 atom stereocenters. The molecule has 0 N–H and O–H groups in total. The van der Waals surface area contributed by atoms with Crippen LogP contribution >= 0.6 is 0 Å². The Morgan fingerprint density at radius 3 is 2.62 bits per heavy atom. The van der Waals surface area contributed by atoms with E-state index in [0.717, 1.165) is 0 Å². The molecule has 124 valence electrons. The first-order valence-electron chi connectivity index (χ1n) is 7.31. The third-order valence-corrected chi connectivity index (χ3v) is 4.31. The van der Waals surface area contributed by atoms with Gasteiger partial charge < -0.3 is 9.64 Å². The molecule has 2 fully saturated rings. The number of benzene rings is 1. The van der Waals surface area contributed by atoms with Gasteiger partial charge in [-0.2, -0.15) is 0 Å². The number of non-ortho nitro benzene ring substituents is 1. The maximum absolute atomic E-state index is 12.2. The molecule has 0 saturated carbocycles. The summed E-state index contributed by atoms with van der Waals surface area (Å²) in [5, 5.41) is 10.6. The van der Waals surface area contributed by atoms with Gasteiger partial charge in [-0.05, 0) is 17.7 Å². The van der Waals surface area contributed by atoms with Crippen molar-refractivity contribution in [3.05, 3.63) is 52.6 Å². The van der Waals surface area contributed by atoms with E-state index in [2.05, 4.69) is 6.58 Å². The molecule has 2 aliphatic heterocycles. The number of carbonyl (C=O) groups excluding carboxylic acids is 3. The van der Waals surface area contributed by atoms with Crippen LogP contribution in [0.2, 0.25) is 0 Å². The number of nitro benzene ring substituents is 1. The fraction of sp³-hybridized carbons (Fsp3) is 0.312. The summed E-state index contributed by atoms with van der Waals surface area (Å²) in [5.41, 5.74) is 0.482. The highest BCUT2D eigenvalue weighted by Crippen LogP contribution is 2.38. The lowest BCUT2D eigenvalue weighted by Gasteiger charge is -2.42. The highest BCUT2D eigenvalue weighted by Gasteiger charge is 2.59. The topological polar surface area (TPSA) is 107 Å². The van der Waals surface area contributed by atoms with E-state index in [1.807, 2.05) is 0 Å². The Balaban J connectivity index is 1.63. The van der Waals surface area contributed by atoms with Crippen molar-refractivity contribution in [3.63, 3.8) is 0 Å². The van der Waals surface area contributed by atoms with Crippen molar-refractivity contribution in [1.29, 1.82) is 0 Å². The molecule has 0 bridgehead atoms. The number of nitrogens with zero attached hydrogens (tertiary/aromatic N) is 2. The maximum Gasteiger partial charge on any atom is 0.337 e. The van der Waals surface area contributed by atoms with Crippen LogP contribution in [0, 0.1) is 16.0 Å². The van der Waals surface area contributed by atoms with E-state index in [1.165, 1.54) is 35.2 Å². The molecule has 1 aromatic carbocycles. The highest BCUT2D eigenvalue weighted by molar-refractivity contribution is 6.11. The van der Waals surface area contributed by atoms with Crippen LogP contribution in [0.3, 0.4) is 0 Å².